The lowest BCUT2D eigenvalue weighted by molar-refractivity contribution is -0.149. The zero-order valence-corrected chi connectivity index (χ0v) is 14.5. The van der Waals surface area contributed by atoms with Crippen LogP contribution in [0.3, 0.4) is 0 Å². The van der Waals surface area contributed by atoms with Crippen LogP contribution in [0.25, 0.3) is 11.1 Å². The lowest BCUT2D eigenvalue weighted by atomic mass is 9.91. The average molecular weight is 322 g/mol. The third-order valence-electron chi connectivity index (χ3n) is 4.84. The summed E-state index contributed by atoms with van der Waals surface area (Å²) in [5.74, 6) is -0.167. The molecule has 0 aliphatic carbocycles. The van der Waals surface area contributed by atoms with Gasteiger partial charge in [-0.1, -0.05) is 68.3 Å². The zero-order chi connectivity index (χ0) is 16.8. The molecule has 0 radical (unpaired) electrons. The maximum Gasteiger partial charge on any atom is 0.313 e. The molecule has 1 saturated heterocycles. The van der Waals surface area contributed by atoms with Crippen LogP contribution in [0.2, 0.25) is 0 Å². The minimum atomic E-state index is -0.0891. The van der Waals surface area contributed by atoms with Gasteiger partial charge in [-0.15, -0.1) is 0 Å². The van der Waals surface area contributed by atoms with E-state index in [1.807, 2.05) is 0 Å². The van der Waals surface area contributed by atoms with E-state index in [0.717, 1.165) is 24.8 Å². The summed E-state index contributed by atoms with van der Waals surface area (Å²) in [6.07, 6.45) is 6.84. The van der Waals surface area contributed by atoms with E-state index < -0.39 is 0 Å². The maximum atomic E-state index is 11.9. The molecule has 2 aromatic carbocycles. The number of cyclic esters (lactones) is 1. The van der Waals surface area contributed by atoms with Crippen LogP contribution >= 0.6 is 0 Å². The lowest BCUT2D eigenvalue weighted by Crippen LogP contribution is -2.22. The Labute approximate surface area is 144 Å². The summed E-state index contributed by atoms with van der Waals surface area (Å²) in [7, 11) is 0. The van der Waals surface area contributed by atoms with Crippen LogP contribution in [0.4, 0.5) is 0 Å². The minimum absolute atomic E-state index is 0.0783. The number of unbranched alkanes of at least 4 members (excludes halogenated alkanes) is 2. The lowest BCUT2D eigenvalue weighted by Gasteiger charge is -2.21. The Morgan fingerprint density at radius 3 is 2.25 bits per heavy atom. The quantitative estimate of drug-likeness (QED) is 0.518. The third-order valence-corrected chi connectivity index (χ3v) is 4.84. The van der Waals surface area contributed by atoms with Gasteiger partial charge < -0.3 is 4.74 Å². The van der Waals surface area contributed by atoms with Crippen LogP contribution in [0.5, 0.6) is 0 Å². The SMILES string of the molecule is CCCCCc1ccc(-c2ccc(C3CCCOC3=O)cc2)cc1. The van der Waals surface area contributed by atoms with Crippen molar-refractivity contribution in [2.75, 3.05) is 6.61 Å². The van der Waals surface area contributed by atoms with Crippen molar-refractivity contribution >= 4 is 5.97 Å². The van der Waals surface area contributed by atoms with Crippen LogP contribution in [-0.2, 0) is 16.0 Å². The molecule has 2 heteroatoms. The van der Waals surface area contributed by atoms with Gasteiger partial charge >= 0.3 is 5.97 Å². The normalized spacial score (nSPS) is 17.5. The molecule has 1 heterocycles. The average Bonchev–Trinajstić information content (AvgIpc) is 2.63. The van der Waals surface area contributed by atoms with E-state index in [9.17, 15) is 4.79 Å². The molecule has 0 spiro atoms. The molecule has 24 heavy (non-hydrogen) atoms. The van der Waals surface area contributed by atoms with E-state index in [1.54, 1.807) is 0 Å². The van der Waals surface area contributed by atoms with Gasteiger partial charge in [0, 0.05) is 0 Å². The number of benzene rings is 2. The highest BCUT2D eigenvalue weighted by Gasteiger charge is 2.25. The molecule has 1 aliphatic rings. The summed E-state index contributed by atoms with van der Waals surface area (Å²) < 4.78 is 5.17. The van der Waals surface area contributed by atoms with Gasteiger partial charge in [0.2, 0.25) is 0 Å². The second kappa shape index (κ2) is 8.14. The third kappa shape index (κ3) is 4.05. The number of rotatable bonds is 6. The summed E-state index contributed by atoms with van der Waals surface area (Å²) in [4.78, 5) is 11.9. The first-order valence-corrected chi connectivity index (χ1v) is 9.14. The van der Waals surface area contributed by atoms with Crippen molar-refractivity contribution in [1.82, 2.24) is 0 Å². The van der Waals surface area contributed by atoms with Crippen molar-refractivity contribution in [3.63, 3.8) is 0 Å². The molecule has 2 aromatic rings. The second-order valence-electron chi connectivity index (χ2n) is 6.64. The smallest absolute Gasteiger partial charge is 0.313 e. The molecule has 1 fully saturated rings. The van der Waals surface area contributed by atoms with Gasteiger partial charge in [-0.25, -0.2) is 0 Å². The van der Waals surface area contributed by atoms with Crippen molar-refractivity contribution in [2.45, 2.75) is 51.4 Å². The number of carbonyl (C=O) groups is 1. The number of esters is 1. The molecular formula is C22H26O2. The molecule has 0 saturated carbocycles. The number of aryl methyl sites for hydroxylation is 1. The fourth-order valence-corrected chi connectivity index (χ4v) is 3.33. The molecular weight excluding hydrogens is 296 g/mol. The Kier molecular flexibility index (Phi) is 5.68. The van der Waals surface area contributed by atoms with E-state index in [0.29, 0.717) is 6.61 Å². The molecule has 2 nitrogen and oxygen atoms in total. The molecule has 1 aliphatic heterocycles. The summed E-state index contributed by atoms with van der Waals surface area (Å²) in [6.45, 7) is 2.80. The van der Waals surface area contributed by atoms with Gasteiger partial charge in [0.25, 0.3) is 0 Å². The topological polar surface area (TPSA) is 26.3 Å². The van der Waals surface area contributed by atoms with E-state index in [1.165, 1.54) is 36.0 Å². The van der Waals surface area contributed by atoms with E-state index in [4.69, 9.17) is 4.74 Å². The summed E-state index contributed by atoms with van der Waals surface area (Å²) in [6, 6.07) is 17.2. The monoisotopic (exact) mass is 322 g/mol. The van der Waals surface area contributed by atoms with Gasteiger partial charge in [-0.2, -0.15) is 0 Å². The fraction of sp³-hybridized carbons (Fsp3) is 0.409. The Morgan fingerprint density at radius 1 is 0.958 bits per heavy atom. The van der Waals surface area contributed by atoms with Gasteiger partial charge in [0.1, 0.15) is 0 Å². The molecule has 0 N–H and O–H groups in total. The predicted octanol–water partition coefficient (Wildman–Crippen LogP) is 5.51. The van der Waals surface area contributed by atoms with Crippen molar-refractivity contribution < 1.29 is 9.53 Å². The van der Waals surface area contributed by atoms with Crippen molar-refractivity contribution in [2.24, 2.45) is 0 Å². The largest absolute Gasteiger partial charge is 0.465 e. The van der Waals surface area contributed by atoms with Gasteiger partial charge in [-0.3, -0.25) is 4.79 Å². The number of hydrogen-bond acceptors (Lipinski definition) is 2. The maximum absolute atomic E-state index is 11.9. The van der Waals surface area contributed by atoms with Crippen LogP contribution in [0, 0.1) is 0 Å². The molecule has 3 rings (SSSR count). The predicted molar refractivity (Wildman–Crippen MR) is 98.0 cm³/mol. The van der Waals surface area contributed by atoms with E-state index in [2.05, 4.69) is 55.5 Å². The van der Waals surface area contributed by atoms with Crippen molar-refractivity contribution in [3.8, 4) is 11.1 Å². The Morgan fingerprint density at radius 2 is 1.62 bits per heavy atom. The first kappa shape index (κ1) is 16.8. The number of ether oxygens (including phenoxy) is 1. The van der Waals surface area contributed by atoms with Crippen molar-refractivity contribution in [1.29, 1.82) is 0 Å². The van der Waals surface area contributed by atoms with Crippen LogP contribution in [0.1, 0.15) is 56.1 Å². The molecule has 0 amide bonds. The standard InChI is InChI=1S/C22H26O2/c1-2-3-4-6-17-8-10-18(11-9-17)19-12-14-20(15-13-19)21-7-5-16-24-22(21)23/h8-15,21H,2-7,16H2,1H3. The molecule has 0 aromatic heterocycles. The van der Waals surface area contributed by atoms with E-state index in [-0.39, 0.29) is 11.9 Å². The molecule has 126 valence electrons. The summed E-state index contributed by atoms with van der Waals surface area (Å²) >= 11 is 0. The first-order valence-electron chi connectivity index (χ1n) is 9.14. The van der Waals surface area contributed by atoms with Crippen molar-refractivity contribution in [3.05, 3.63) is 59.7 Å². The Hall–Kier alpha value is -2.09. The van der Waals surface area contributed by atoms with Gasteiger partial charge in [0.05, 0.1) is 12.5 Å². The van der Waals surface area contributed by atoms with E-state index >= 15 is 0 Å². The Balaban J connectivity index is 1.67. The van der Waals surface area contributed by atoms with Crippen LogP contribution in [0.15, 0.2) is 48.5 Å². The number of hydrogen-bond donors (Lipinski definition) is 0. The van der Waals surface area contributed by atoms with Crippen LogP contribution < -0.4 is 0 Å². The van der Waals surface area contributed by atoms with Crippen LogP contribution in [-0.4, -0.2) is 12.6 Å². The first-order chi connectivity index (χ1) is 11.8. The summed E-state index contributed by atoms with van der Waals surface area (Å²) in [5, 5.41) is 0. The molecule has 0 bridgehead atoms. The summed E-state index contributed by atoms with van der Waals surface area (Å²) in [5.41, 5.74) is 4.91. The highest BCUT2D eigenvalue weighted by atomic mass is 16.5. The fourth-order valence-electron chi connectivity index (χ4n) is 3.33. The minimum Gasteiger partial charge on any atom is -0.465 e. The Bertz CT molecular complexity index is 655. The zero-order valence-electron chi connectivity index (χ0n) is 14.5. The molecule has 1 unspecified atom stereocenters. The molecule has 1 atom stereocenters. The second-order valence-corrected chi connectivity index (χ2v) is 6.64. The highest BCUT2D eigenvalue weighted by Crippen LogP contribution is 2.29. The number of carbonyl (C=O) groups excluding carboxylic acids is 1. The van der Waals surface area contributed by atoms with Gasteiger partial charge in [-0.05, 0) is 47.9 Å². The highest BCUT2D eigenvalue weighted by molar-refractivity contribution is 5.79. The van der Waals surface area contributed by atoms with Gasteiger partial charge in [0.15, 0.2) is 0 Å².